The molecule has 0 aliphatic carbocycles. The highest BCUT2D eigenvalue weighted by Crippen LogP contribution is 2.18. The van der Waals surface area contributed by atoms with Crippen LogP contribution in [-0.2, 0) is 17.8 Å². The highest BCUT2D eigenvalue weighted by atomic mass is 16.5. The van der Waals surface area contributed by atoms with Crippen LogP contribution in [-0.4, -0.2) is 24.1 Å². The summed E-state index contributed by atoms with van der Waals surface area (Å²) in [5, 5.41) is 4.22. The lowest BCUT2D eigenvalue weighted by Crippen LogP contribution is -2.27. The summed E-state index contributed by atoms with van der Waals surface area (Å²) in [6.07, 6.45) is 3.21. The van der Waals surface area contributed by atoms with Gasteiger partial charge < -0.3 is 14.6 Å². The number of carbonyl (C=O) groups is 1. The number of para-hydroxylation sites is 2. The fourth-order valence-corrected chi connectivity index (χ4v) is 2.90. The van der Waals surface area contributed by atoms with E-state index in [-0.39, 0.29) is 5.91 Å². The van der Waals surface area contributed by atoms with Crippen molar-refractivity contribution >= 4 is 16.8 Å². The molecule has 0 bridgehead atoms. The van der Waals surface area contributed by atoms with Crippen molar-refractivity contribution in [2.75, 3.05) is 13.7 Å². The van der Waals surface area contributed by atoms with Gasteiger partial charge in [-0.2, -0.15) is 0 Å². The number of nitrogens with one attached hydrogen (secondary N) is 1. The maximum atomic E-state index is 12.0. The van der Waals surface area contributed by atoms with Gasteiger partial charge in [0, 0.05) is 31.2 Å². The minimum absolute atomic E-state index is 0.0670. The fourth-order valence-electron chi connectivity index (χ4n) is 2.90. The van der Waals surface area contributed by atoms with E-state index in [1.165, 1.54) is 10.9 Å². The number of aromatic nitrogens is 1. The molecular weight excluding hydrogens is 300 g/mol. The Morgan fingerprint density at radius 3 is 2.75 bits per heavy atom. The van der Waals surface area contributed by atoms with E-state index in [1.807, 2.05) is 36.4 Å². The summed E-state index contributed by atoms with van der Waals surface area (Å²) >= 11 is 0. The van der Waals surface area contributed by atoms with E-state index in [4.69, 9.17) is 4.74 Å². The van der Waals surface area contributed by atoms with Crippen LogP contribution in [0.1, 0.15) is 12.0 Å². The normalized spacial score (nSPS) is 10.7. The number of fused-ring (bicyclic) bond motifs is 1. The Morgan fingerprint density at radius 1 is 1.08 bits per heavy atom. The molecule has 0 fully saturated rings. The highest BCUT2D eigenvalue weighted by Gasteiger charge is 2.06. The van der Waals surface area contributed by atoms with Gasteiger partial charge in [0.25, 0.3) is 0 Å². The Labute approximate surface area is 142 Å². The molecule has 1 amide bonds. The third kappa shape index (κ3) is 3.77. The van der Waals surface area contributed by atoms with Crippen LogP contribution in [0.15, 0.2) is 60.8 Å². The zero-order valence-corrected chi connectivity index (χ0v) is 13.9. The number of benzene rings is 2. The Kier molecular flexibility index (Phi) is 5.16. The zero-order valence-electron chi connectivity index (χ0n) is 13.9. The summed E-state index contributed by atoms with van der Waals surface area (Å²) in [7, 11) is 1.65. The molecule has 3 aromatic rings. The van der Waals surface area contributed by atoms with Gasteiger partial charge in [-0.05, 0) is 35.6 Å². The third-order valence-electron chi connectivity index (χ3n) is 4.17. The Bertz CT molecular complexity index is 823. The van der Waals surface area contributed by atoms with Crippen LogP contribution >= 0.6 is 0 Å². The first-order valence-electron chi connectivity index (χ1n) is 8.20. The van der Waals surface area contributed by atoms with Gasteiger partial charge >= 0.3 is 0 Å². The van der Waals surface area contributed by atoms with Crippen molar-refractivity contribution in [1.82, 2.24) is 9.88 Å². The van der Waals surface area contributed by atoms with Gasteiger partial charge in [-0.3, -0.25) is 4.79 Å². The average Bonchev–Trinajstić information content (AvgIpc) is 3.03. The Morgan fingerprint density at radius 2 is 1.88 bits per heavy atom. The summed E-state index contributed by atoms with van der Waals surface area (Å²) in [6, 6.07) is 18.2. The predicted molar refractivity (Wildman–Crippen MR) is 96.3 cm³/mol. The first-order chi connectivity index (χ1) is 11.8. The Balaban J connectivity index is 1.47. The monoisotopic (exact) mass is 322 g/mol. The lowest BCUT2D eigenvalue weighted by atomic mass is 10.1. The largest absolute Gasteiger partial charge is 0.496 e. The molecule has 1 N–H and O–H groups in total. The van der Waals surface area contributed by atoms with Crippen LogP contribution in [0.4, 0.5) is 0 Å². The number of methoxy groups -OCH3 is 1. The number of hydrogen-bond donors (Lipinski definition) is 1. The van der Waals surface area contributed by atoms with E-state index in [0.29, 0.717) is 19.4 Å². The molecule has 24 heavy (non-hydrogen) atoms. The molecule has 0 saturated carbocycles. The fraction of sp³-hybridized carbons (Fsp3) is 0.250. The van der Waals surface area contributed by atoms with E-state index < -0.39 is 0 Å². The van der Waals surface area contributed by atoms with Crippen molar-refractivity contribution in [2.45, 2.75) is 19.4 Å². The number of amides is 1. The molecule has 0 aliphatic rings. The molecule has 0 aliphatic heterocycles. The number of hydrogen-bond acceptors (Lipinski definition) is 2. The summed E-state index contributed by atoms with van der Waals surface area (Å²) < 4.78 is 7.48. The van der Waals surface area contributed by atoms with Crippen molar-refractivity contribution in [3.8, 4) is 5.75 Å². The van der Waals surface area contributed by atoms with Gasteiger partial charge in [0.1, 0.15) is 5.75 Å². The molecule has 0 radical (unpaired) electrons. The maximum absolute atomic E-state index is 12.0. The van der Waals surface area contributed by atoms with Crippen LogP contribution in [0.2, 0.25) is 0 Å². The van der Waals surface area contributed by atoms with Gasteiger partial charge in [-0.25, -0.2) is 0 Å². The molecule has 4 nitrogen and oxygen atoms in total. The molecule has 1 aromatic heterocycles. The van der Waals surface area contributed by atoms with E-state index >= 15 is 0 Å². The van der Waals surface area contributed by atoms with Gasteiger partial charge in [-0.15, -0.1) is 0 Å². The third-order valence-corrected chi connectivity index (χ3v) is 4.17. The Hall–Kier alpha value is -2.75. The van der Waals surface area contributed by atoms with Gasteiger partial charge in [0.2, 0.25) is 5.91 Å². The first kappa shape index (κ1) is 16.1. The lowest BCUT2D eigenvalue weighted by molar-refractivity contribution is -0.121. The van der Waals surface area contributed by atoms with Crippen molar-refractivity contribution in [3.63, 3.8) is 0 Å². The maximum Gasteiger partial charge on any atom is 0.220 e. The van der Waals surface area contributed by atoms with Crippen LogP contribution < -0.4 is 10.1 Å². The molecule has 0 atom stereocenters. The quantitative estimate of drug-likeness (QED) is 0.724. The number of nitrogens with zero attached hydrogens (tertiary/aromatic N) is 1. The van der Waals surface area contributed by atoms with E-state index in [1.54, 1.807) is 7.11 Å². The first-order valence-corrected chi connectivity index (χ1v) is 8.20. The average molecular weight is 322 g/mol. The van der Waals surface area contributed by atoms with Gasteiger partial charge in [0.15, 0.2) is 0 Å². The summed E-state index contributed by atoms with van der Waals surface area (Å²) in [6.45, 7) is 1.40. The highest BCUT2D eigenvalue weighted by molar-refractivity contribution is 5.80. The summed E-state index contributed by atoms with van der Waals surface area (Å²) in [4.78, 5) is 12.0. The molecule has 0 saturated heterocycles. The molecular formula is C20H22N2O2. The second-order valence-corrected chi connectivity index (χ2v) is 5.73. The standard InChI is InChI=1S/C20H22N2O2/c1-24-19-9-5-3-7-17(19)10-11-20(23)21-13-15-22-14-12-16-6-2-4-8-18(16)22/h2-9,12,14H,10-11,13,15H2,1H3,(H,21,23). The number of ether oxygens (including phenoxy) is 1. The number of rotatable bonds is 7. The predicted octanol–water partition coefficient (Wildman–Crippen LogP) is 3.40. The van der Waals surface area contributed by atoms with E-state index in [9.17, 15) is 4.79 Å². The zero-order chi connectivity index (χ0) is 16.8. The number of aryl methyl sites for hydroxylation is 1. The minimum Gasteiger partial charge on any atom is -0.496 e. The van der Waals surface area contributed by atoms with Crippen LogP contribution in [0.5, 0.6) is 5.75 Å². The van der Waals surface area contributed by atoms with E-state index in [0.717, 1.165) is 17.9 Å². The van der Waals surface area contributed by atoms with Crippen molar-refractivity contribution in [1.29, 1.82) is 0 Å². The molecule has 124 valence electrons. The lowest BCUT2D eigenvalue weighted by Gasteiger charge is -2.09. The van der Waals surface area contributed by atoms with Crippen molar-refractivity contribution < 1.29 is 9.53 Å². The molecule has 0 spiro atoms. The second kappa shape index (κ2) is 7.68. The molecule has 1 heterocycles. The topological polar surface area (TPSA) is 43.3 Å². The molecule has 3 rings (SSSR count). The number of carbonyl (C=O) groups excluding carboxylic acids is 1. The minimum atomic E-state index is 0.0670. The summed E-state index contributed by atoms with van der Waals surface area (Å²) in [5.74, 6) is 0.904. The van der Waals surface area contributed by atoms with E-state index in [2.05, 4.69) is 34.3 Å². The summed E-state index contributed by atoms with van der Waals surface area (Å²) in [5.41, 5.74) is 2.26. The van der Waals surface area contributed by atoms with Crippen LogP contribution in [0.25, 0.3) is 10.9 Å². The van der Waals surface area contributed by atoms with Crippen LogP contribution in [0.3, 0.4) is 0 Å². The van der Waals surface area contributed by atoms with Gasteiger partial charge in [0.05, 0.1) is 7.11 Å². The van der Waals surface area contributed by atoms with Crippen LogP contribution in [0, 0.1) is 0 Å². The molecule has 2 aromatic carbocycles. The van der Waals surface area contributed by atoms with Gasteiger partial charge in [-0.1, -0.05) is 36.4 Å². The smallest absolute Gasteiger partial charge is 0.220 e. The molecule has 0 unspecified atom stereocenters. The second-order valence-electron chi connectivity index (χ2n) is 5.73. The van der Waals surface area contributed by atoms with Crippen molar-refractivity contribution in [3.05, 3.63) is 66.4 Å². The van der Waals surface area contributed by atoms with Crippen molar-refractivity contribution in [2.24, 2.45) is 0 Å². The SMILES string of the molecule is COc1ccccc1CCC(=O)NCCn1ccc2ccccc21. The molecule has 4 heteroatoms.